The molecule has 2 fully saturated rings. The molecule has 0 unspecified atom stereocenters. The molecule has 2 saturated heterocycles. The predicted molar refractivity (Wildman–Crippen MR) is 439 cm³/mol. The first-order valence-electron chi connectivity index (χ1n) is 41.6. The zero-order valence-electron chi connectivity index (χ0n) is 70.9. The van der Waals surface area contributed by atoms with E-state index >= 15 is 0 Å². The third kappa shape index (κ3) is 23.7. The van der Waals surface area contributed by atoms with E-state index in [-0.39, 0.29) is 157 Å². The van der Waals surface area contributed by atoms with Crippen molar-refractivity contribution in [2.24, 2.45) is 5.11 Å². The minimum absolute atomic E-state index is 0.00321. The molecule has 7 aromatic rings. The van der Waals surface area contributed by atoms with Gasteiger partial charge in [-0.15, -0.1) is 11.5 Å². The third-order valence-electron chi connectivity index (χ3n) is 21.6. The fourth-order valence-corrected chi connectivity index (χ4v) is 14.9. The Morgan fingerprint density at radius 3 is 1.37 bits per heavy atom. The fourth-order valence-electron chi connectivity index (χ4n) is 14.9. The Balaban J connectivity index is 0.000000216. The second-order valence-electron chi connectivity index (χ2n) is 29.6. The Hall–Kier alpha value is -10.2. The van der Waals surface area contributed by atoms with Gasteiger partial charge in [-0.2, -0.15) is 0 Å². The first kappa shape index (κ1) is 98.4. The first-order chi connectivity index (χ1) is 61.9. The maximum absolute atomic E-state index is 13.6. The van der Waals surface area contributed by atoms with Gasteiger partial charge >= 0.3 is 24.2 Å². The van der Waals surface area contributed by atoms with E-state index in [9.17, 15) is 74.7 Å². The summed E-state index contributed by atoms with van der Waals surface area (Å²) < 4.78 is 100. The van der Waals surface area contributed by atoms with Crippen LogP contribution in [0.25, 0.3) is 55.0 Å². The number of azide groups is 1. The van der Waals surface area contributed by atoms with Gasteiger partial charge in [0.15, 0.2) is 23.8 Å². The summed E-state index contributed by atoms with van der Waals surface area (Å²) in [6.07, 6.45) is -6.91. The van der Waals surface area contributed by atoms with Crippen LogP contribution in [0.3, 0.4) is 0 Å². The van der Waals surface area contributed by atoms with Gasteiger partial charge in [0.25, 0.3) is 11.1 Å². The van der Waals surface area contributed by atoms with Crippen molar-refractivity contribution in [2.45, 2.75) is 165 Å². The second-order valence-corrected chi connectivity index (χ2v) is 29.6. The number of carbonyl (C=O) groups excluding carboxylic acids is 4. The summed E-state index contributed by atoms with van der Waals surface area (Å²) in [6.45, 7) is 11.8. The number of ether oxygens (including phenoxy) is 18. The Bertz CT molecular complexity index is 5170. The van der Waals surface area contributed by atoms with E-state index in [0.717, 1.165) is 33.0 Å². The molecule has 13 rings (SSSR count). The van der Waals surface area contributed by atoms with Crippen LogP contribution in [-0.2, 0) is 149 Å². The highest BCUT2D eigenvalue weighted by molar-refractivity contribution is 5.92. The molecule has 2 aromatic carbocycles. The van der Waals surface area contributed by atoms with Crippen LogP contribution in [0.4, 0.5) is 9.59 Å². The van der Waals surface area contributed by atoms with Crippen molar-refractivity contribution in [1.82, 2.24) is 34.1 Å². The molecule has 12 atom stereocenters. The van der Waals surface area contributed by atoms with Crippen LogP contribution >= 0.6 is 0 Å². The smallest absolute Gasteiger partial charge is 0.458 e. The second kappa shape index (κ2) is 47.4. The standard InChI is InChI=1S/C42H53N5O17.C34H38N2O11.C8H15N3O6/c1-3-26-27-17-25(5-6-31(27)43-34-28(26)20-47-32(34)18-30-29(38(47)52)23-62-40(53)42(30,55)4-2)63-41(54)61-16-15-58-12-11-56-9-10-57-13-14-59-22-24-19-46(45-44-24)7-8-60-39-37(51)36(50)35(49)33(21-48)64-39;1-4-9-41-10-11-42-12-13-43-14-15-44-16-17-45-33(39)47-22-7-8-28-24(18-22)23(5-2)25-20-36-29(30(25)35-28)19-27-26(31(36)37)21-46-32(38)34(27,40)6-3;9-11-10-1-2-16-8-7(15)6(14)5(13)4(3-12)17-8/h5-6,17-19,33,35-37,39,48-51,55H,3-4,7-16,20-23H2,1-2H3;1,7-8,18-19,40H,5-6,9-17,20-21H2,2-3H3;4-8,12-15H,1-3H2/t33-,35-,36+,37-,39-,42-;34-;4-,5-,6+,7-,8-/m000/s1. The van der Waals surface area contributed by atoms with Crippen LogP contribution in [0, 0.1) is 12.3 Å². The highest BCUT2D eigenvalue weighted by Gasteiger charge is 2.49. The number of esters is 2. The monoisotopic (exact) mass is 1800 g/mol. The number of terminal acetylenes is 1. The predicted octanol–water partition coefficient (Wildman–Crippen LogP) is 0.802. The van der Waals surface area contributed by atoms with E-state index in [1.807, 2.05) is 13.8 Å². The molecular formula is C84H106N10O34. The number of cyclic esters (lactones) is 2. The van der Waals surface area contributed by atoms with E-state index in [2.05, 4.69) is 26.3 Å². The third-order valence-corrected chi connectivity index (χ3v) is 21.6. The van der Waals surface area contributed by atoms with Crippen LogP contribution in [0.15, 0.2) is 69.4 Å². The molecule has 0 radical (unpaired) electrons. The molecule has 5 aromatic heterocycles. The maximum atomic E-state index is 13.6. The number of carbonyl (C=O) groups is 4. The Kier molecular flexibility index (Phi) is 36.4. The average molecular weight is 1800 g/mol. The zero-order chi connectivity index (χ0) is 91.6. The van der Waals surface area contributed by atoms with E-state index in [1.165, 1.54) is 4.68 Å². The molecule has 0 amide bonds. The van der Waals surface area contributed by atoms with Crippen molar-refractivity contribution in [3.8, 4) is 46.6 Å². The Labute approximate surface area is 731 Å². The first-order valence-corrected chi connectivity index (χ1v) is 41.6. The molecule has 6 aliphatic rings. The normalized spacial score (nSPS) is 22.2. The van der Waals surface area contributed by atoms with Crippen LogP contribution in [0.5, 0.6) is 11.5 Å². The number of hydrogen-bond acceptors (Lipinski definition) is 39. The van der Waals surface area contributed by atoms with Crippen molar-refractivity contribution in [1.29, 1.82) is 0 Å². The maximum Gasteiger partial charge on any atom is 0.513 e. The van der Waals surface area contributed by atoms with E-state index in [4.69, 9.17) is 112 Å². The Morgan fingerprint density at radius 2 is 0.961 bits per heavy atom. The highest BCUT2D eigenvalue weighted by Crippen LogP contribution is 2.44. The summed E-state index contributed by atoms with van der Waals surface area (Å²) in [4.78, 5) is 89.2. The lowest BCUT2D eigenvalue weighted by atomic mass is 9.86. The largest absolute Gasteiger partial charge is 0.513 e. The van der Waals surface area contributed by atoms with Crippen LogP contribution in [-0.4, -0.2) is 316 Å². The number of aliphatic hydroxyl groups is 10. The van der Waals surface area contributed by atoms with Crippen molar-refractivity contribution in [3.63, 3.8) is 0 Å². The number of aryl methyl sites for hydroxylation is 2. The summed E-state index contributed by atoms with van der Waals surface area (Å²) in [5.74, 6) is 1.37. The molecule has 128 heavy (non-hydrogen) atoms. The lowest BCUT2D eigenvalue weighted by molar-refractivity contribution is -0.301. The summed E-state index contributed by atoms with van der Waals surface area (Å²) in [5.41, 5.74) is 12.2. The molecule has 6 aliphatic heterocycles. The number of pyridine rings is 4. The quantitative estimate of drug-likeness (QED) is 0.00369. The number of hydrogen-bond donors (Lipinski definition) is 10. The lowest BCUT2D eigenvalue weighted by Gasteiger charge is -2.39. The van der Waals surface area contributed by atoms with Gasteiger partial charge in [-0.05, 0) is 90.9 Å². The molecule has 11 heterocycles. The van der Waals surface area contributed by atoms with Crippen molar-refractivity contribution in [2.75, 3.05) is 145 Å². The molecule has 0 spiro atoms. The Morgan fingerprint density at radius 1 is 0.547 bits per heavy atom. The van der Waals surface area contributed by atoms with Gasteiger partial charge in [0.1, 0.15) is 99.1 Å². The van der Waals surface area contributed by atoms with Crippen molar-refractivity contribution in [3.05, 3.63) is 136 Å². The number of rotatable bonds is 43. The van der Waals surface area contributed by atoms with Crippen LogP contribution in [0.2, 0.25) is 0 Å². The van der Waals surface area contributed by atoms with Gasteiger partial charge < -0.3 is 145 Å². The molecule has 44 heteroatoms. The number of benzene rings is 2. The number of aromatic nitrogens is 7. The van der Waals surface area contributed by atoms with Crippen LogP contribution < -0.4 is 20.6 Å². The zero-order valence-corrected chi connectivity index (χ0v) is 70.9. The summed E-state index contributed by atoms with van der Waals surface area (Å²) in [5, 5.41) is 111. The minimum Gasteiger partial charge on any atom is -0.458 e. The summed E-state index contributed by atoms with van der Waals surface area (Å²) >= 11 is 0. The minimum atomic E-state index is -1.92. The summed E-state index contributed by atoms with van der Waals surface area (Å²) in [6, 6.07) is 13.5. The number of nitrogens with zero attached hydrogens (tertiary/aromatic N) is 10. The van der Waals surface area contributed by atoms with Crippen molar-refractivity contribution < 1.29 is 156 Å². The average Bonchev–Trinajstić information content (AvgIpc) is 1.56. The number of fused-ring (bicyclic) bond motifs is 10. The molecule has 0 saturated carbocycles. The van der Waals surface area contributed by atoms with Gasteiger partial charge in [-0.1, -0.05) is 43.9 Å². The van der Waals surface area contributed by atoms with Gasteiger partial charge in [-0.3, -0.25) is 9.59 Å². The topological polar surface area (TPSA) is 586 Å². The summed E-state index contributed by atoms with van der Waals surface area (Å²) in [7, 11) is 0. The van der Waals surface area contributed by atoms with Gasteiger partial charge in [0, 0.05) is 44.5 Å². The van der Waals surface area contributed by atoms with Gasteiger partial charge in [0.2, 0.25) is 0 Å². The molecular weight excluding hydrogens is 1690 g/mol. The van der Waals surface area contributed by atoms with Crippen molar-refractivity contribution >= 4 is 46.1 Å². The van der Waals surface area contributed by atoms with Gasteiger partial charge in [-0.25, -0.2) is 33.8 Å². The molecule has 0 aliphatic carbocycles. The fraction of sp³-hybridized carbons (Fsp3) is 0.571. The molecule has 44 nitrogen and oxygen atoms in total. The highest BCUT2D eigenvalue weighted by atomic mass is 16.7. The van der Waals surface area contributed by atoms with E-state index < -0.39 is 110 Å². The van der Waals surface area contributed by atoms with Crippen LogP contribution in [0.1, 0.15) is 90.7 Å². The van der Waals surface area contributed by atoms with E-state index in [1.54, 1.807) is 77.7 Å². The molecule has 10 N–H and O–H groups in total. The van der Waals surface area contributed by atoms with E-state index in [0.29, 0.717) is 125 Å². The lowest BCUT2D eigenvalue weighted by Crippen LogP contribution is -2.59. The SMILES string of the molecule is C#CCOCCOCCOCCOCCOC(=O)Oc1ccc2nc3c(c(CC)c2c1)Cn1c-3cc2c(c1=O)COC(=O)[C@]2(O)CC.CCc1c2c(nc3ccc(OC(=O)OCCOCCOCCOCCOCc4cn(CCO[C@H]5O[C@@H](CO)[C@H](O)[C@@H](O)[C@@H]5O)nn4)cc13)-c1cc3c(c(=O)n1C2)COC(=O)[C@]3(O)CC.[N-]=[N+]=NCCO[C@H]1O[C@@H](CO)[C@H](O)[C@@H](O)[C@@H]1O. The number of aliphatic hydroxyl groups excluding tert-OH is 8. The molecule has 0 bridgehead atoms. The molecule has 696 valence electrons. The van der Waals surface area contributed by atoms with Gasteiger partial charge in [0.05, 0.1) is 196 Å².